The van der Waals surface area contributed by atoms with Gasteiger partial charge in [0.25, 0.3) is 0 Å². The molecule has 2 rings (SSSR count). The van der Waals surface area contributed by atoms with E-state index in [9.17, 15) is 0 Å². The van der Waals surface area contributed by atoms with Crippen LogP contribution >= 0.6 is 24.8 Å². The minimum Gasteiger partial charge on any atom is -0.147 e. The van der Waals surface area contributed by atoms with Gasteiger partial charge in [0.05, 0.1) is 0 Å². The minimum atomic E-state index is -0.148. The van der Waals surface area contributed by atoms with Crippen LogP contribution in [0.1, 0.15) is 32.8 Å². The van der Waals surface area contributed by atoms with E-state index >= 15 is 0 Å². The summed E-state index contributed by atoms with van der Waals surface area (Å²) in [6, 6.07) is 8.35. The van der Waals surface area contributed by atoms with E-state index in [4.69, 9.17) is 4.74 Å². The molecule has 4 heteroatoms. The maximum atomic E-state index is 6.03. The Balaban J connectivity index is 0.00000180. The van der Waals surface area contributed by atoms with Crippen molar-refractivity contribution < 1.29 is 25.2 Å². The summed E-state index contributed by atoms with van der Waals surface area (Å²) in [5.41, 5.74) is 2.55. The van der Waals surface area contributed by atoms with E-state index in [2.05, 4.69) is 71.6 Å². The molecule has 0 N–H and O–H groups in total. The van der Waals surface area contributed by atoms with Crippen LogP contribution in [0.25, 0.3) is 0 Å². The Morgan fingerprint density at radius 2 is 1.80 bits per heavy atom. The molecule has 0 amide bonds. The van der Waals surface area contributed by atoms with Crippen LogP contribution in [0.4, 0.5) is 0 Å². The summed E-state index contributed by atoms with van der Waals surface area (Å²) in [5.74, 6) is 1.01. The Morgan fingerprint density at radius 3 is 2.35 bits per heavy atom. The number of allylic oxidation sites excluding steroid dienone is 4. The average molecular weight is 348 g/mol. The third kappa shape index (κ3) is 5.65. The fraction of sp³-hybridized carbons (Fsp3) is 0.375. The molecule has 0 spiro atoms. The quantitative estimate of drug-likeness (QED) is 0.698. The topological polar surface area (TPSA) is 9.23 Å². The van der Waals surface area contributed by atoms with Crippen LogP contribution in [0, 0.1) is 0 Å². The number of hydrogen-bond acceptors (Lipinski definition) is 1. The third-order valence-electron chi connectivity index (χ3n) is 2.80. The molecule has 20 heavy (non-hydrogen) atoms. The first-order valence-corrected chi connectivity index (χ1v) is 7.11. The van der Waals surface area contributed by atoms with E-state index in [0.717, 1.165) is 18.6 Å². The van der Waals surface area contributed by atoms with Crippen LogP contribution in [0.2, 0.25) is 0 Å². The normalized spacial score (nSPS) is 13.7. The molecule has 1 aromatic carbocycles. The van der Waals surface area contributed by atoms with Gasteiger partial charge < -0.3 is 0 Å². The predicted octanol–water partition coefficient (Wildman–Crippen LogP) is 5.01. The summed E-state index contributed by atoms with van der Waals surface area (Å²) in [6.07, 6.45) is 6.54. The van der Waals surface area contributed by atoms with Crippen LogP contribution in [-0.2, 0) is 26.9 Å². The fourth-order valence-corrected chi connectivity index (χ4v) is 2.45. The van der Waals surface area contributed by atoms with E-state index in [1.807, 2.05) is 6.07 Å². The predicted molar refractivity (Wildman–Crippen MR) is 85.8 cm³/mol. The molecule has 0 radical (unpaired) electrons. The molecule has 1 aromatic rings. The fourth-order valence-electron chi connectivity index (χ4n) is 2.00. The zero-order valence-corrected chi connectivity index (χ0v) is 15.3. The summed E-state index contributed by atoms with van der Waals surface area (Å²) in [7, 11) is 0. The first-order chi connectivity index (χ1) is 8.46. The van der Waals surface area contributed by atoms with E-state index in [1.54, 1.807) is 0 Å². The number of benzene rings is 1. The van der Waals surface area contributed by atoms with Gasteiger partial charge in [-0.15, -0.1) is 24.8 Å². The van der Waals surface area contributed by atoms with Crippen molar-refractivity contribution >= 4 is 24.8 Å². The van der Waals surface area contributed by atoms with Gasteiger partial charge in [0, 0.05) is 0 Å². The largest absolute Gasteiger partial charge is 0.147 e. The molecule has 0 unspecified atom stereocenters. The molecule has 0 bridgehead atoms. The number of hydrogen-bond donors (Lipinski definition) is 0. The van der Waals surface area contributed by atoms with Gasteiger partial charge in [-0.3, -0.25) is 0 Å². The Labute approximate surface area is 146 Å². The Kier molecular flexibility index (Phi) is 8.20. The zero-order chi connectivity index (χ0) is 13.2. The first kappa shape index (κ1) is 19.8. The number of ether oxygens (including phenoxy) is 1. The molecular formula is C16H21Cl2OTi. The van der Waals surface area contributed by atoms with E-state index < -0.39 is 0 Å². The zero-order valence-electron chi connectivity index (χ0n) is 12.1. The summed E-state index contributed by atoms with van der Waals surface area (Å²) in [4.78, 5) is 0. The number of para-hydroxylation sites is 1. The van der Waals surface area contributed by atoms with Crippen molar-refractivity contribution in [2.75, 3.05) is 0 Å². The van der Waals surface area contributed by atoms with Crippen LogP contribution in [0.5, 0.6) is 5.75 Å². The summed E-state index contributed by atoms with van der Waals surface area (Å²) in [5, 5.41) is 0. The molecule has 0 atom stereocenters. The smallest absolute Gasteiger partial charge is 0.147 e. The van der Waals surface area contributed by atoms with Gasteiger partial charge in [-0.25, -0.2) is 0 Å². The molecule has 0 saturated heterocycles. The van der Waals surface area contributed by atoms with Crippen molar-refractivity contribution in [1.82, 2.24) is 0 Å². The van der Waals surface area contributed by atoms with Gasteiger partial charge in [0.15, 0.2) is 0 Å². The summed E-state index contributed by atoms with van der Waals surface area (Å²) in [6.45, 7) is 6.26. The second-order valence-corrected chi connectivity index (χ2v) is 6.55. The van der Waals surface area contributed by atoms with Gasteiger partial charge in [0.1, 0.15) is 0 Å². The molecule has 0 aliphatic heterocycles. The van der Waals surface area contributed by atoms with Crippen molar-refractivity contribution in [2.24, 2.45) is 0 Å². The molecule has 1 aliphatic carbocycles. The Bertz CT molecular complexity index is 501. The van der Waals surface area contributed by atoms with Gasteiger partial charge >= 0.3 is 122 Å². The monoisotopic (exact) mass is 347 g/mol. The van der Waals surface area contributed by atoms with Gasteiger partial charge in [0.2, 0.25) is 0 Å². The van der Waals surface area contributed by atoms with Crippen LogP contribution in [-0.4, -0.2) is 5.60 Å². The van der Waals surface area contributed by atoms with E-state index in [-0.39, 0.29) is 30.4 Å². The molecular weight excluding hydrogens is 327 g/mol. The summed E-state index contributed by atoms with van der Waals surface area (Å²) >= 11 is 2.21. The summed E-state index contributed by atoms with van der Waals surface area (Å²) < 4.78 is 7.50. The van der Waals surface area contributed by atoms with Crippen LogP contribution < -0.4 is 4.74 Å². The van der Waals surface area contributed by atoms with Gasteiger partial charge in [-0.05, 0) is 0 Å². The van der Waals surface area contributed by atoms with Crippen molar-refractivity contribution in [3.05, 3.63) is 51.4 Å². The maximum Gasteiger partial charge on any atom is -0.147 e. The number of rotatable bonds is 3. The Hall–Kier alpha value is -0.206. The third-order valence-corrected chi connectivity index (χ3v) is 3.62. The minimum absolute atomic E-state index is 0. The van der Waals surface area contributed by atoms with E-state index in [1.165, 1.54) is 15.0 Å². The van der Waals surface area contributed by atoms with Gasteiger partial charge in [-0.1, -0.05) is 0 Å². The van der Waals surface area contributed by atoms with Crippen molar-refractivity contribution in [1.29, 1.82) is 0 Å². The first-order valence-electron chi connectivity index (χ1n) is 6.33. The molecule has 1 aliphatic rings. The second-order valence-electron chi connectivity index (χ2n) is 5.61. The molecule has 0 aromatic heterocycles. The number of halogens is 2. The second kappa shape index (κ2) is 8.29. The SMILES string of the molecule is CC(C)(C)Oc1ccccc1CC1=[C]([Ti])CC=C1.Cl.Cl. The van der Waals surface area contributed by atoms with Crippen molar-refractivity contribution in [3.8, 4) is 5.75 Å². The average Bonchev–Trinajstić information content (AvgIpc) is 2.65. The standard InChI is InChI=1S/C16H19O.2ClH.Ti/c1-16(2,3)17-15-11-7-6-10-14(15)12-13-8-4-5-9-13;;;/h4,6-8,10-11H,5,12H2,1-3H3;2*1H;. The van der Waals surface area contributed by atoms with Gasteiger partial charge in [-0.2, -0.15) is 0 Å². The van der Waals surface area contributed by atoms with Crippen molar-refractivity contribution in [3.63, 3.8) is 0 Å². The maximum absolute atomic E-state index is 6.03. The molecule has 0 saturated carbocycles. The molecule has 1 nitrogen and oxygen atoms in total. The molecule has 109 valence electrons. The van der Waals surface area contributed by atoms with Crippen molar-refractivity contribution in [2.45, 2.75) is 39.2 Å². The molecule has 0 heterocycles. The Morgan fingerprint density at radius 1 is 1.15 bits per heavy atom. The van der Waals surface area contributed by atoms with Crippen LogP contribution in [0.3, 0.4) is 0 Å². The van der Waals surface area contributed by atoms with Crippen LogP contribution in [0.15, 0.2) is 45.9 Å². The molecule has 0 fully saturated rings. The van der Waals surface area contributed by atoms with E-state index in [0.29, 0.717) is 0 Å².